The second-order valence-electron chi connectivity index (χ2n) is 5.03. The Morgan fingerprint density at radius 3 is 2.89 bits per heavy atom. The van der Waals surface area contributed by atoms with Gasteiger partial charge in [-0.1, -0.05) is 12.1 Å². The quantitative estimate of drug-likeness (QED) is 0.787. The zero-order valence-electron chi connectivity index (χ0n) is 10.6. The fourth-order valence-corrected chi connectivity index (χ4v) is 2.16. The molecule has 3 rings (SSSR count). The van der Waals surface area contributed by atoms with Crippen LogP contribution in [0.15, 0.2) is 18.2 Å². The Labute approximate surface area is 111 Å². The van der Waals surface area contributed by atoms with Gasteiger partial charge in [-0.25, -0.2) is 0 Å². The highest BCUT2D eigenvalue weighted by atomic mass is 16.5. The van der Waals surface area contributed by atoms with Gasteiger partial charge < -0.3 is 4.74 Å². The van der Waals surface area contributed by atoms with E-state index in [1.165, 1.54) is 0 Å². The molecule has 0 spiro atoms. The Balaban J connectivity index is 1.52. The van der Waals surface area contributed by atoms with Gasteiger partial charge in [0.2, 0.25) is 11.8 Å². The third-order valence-corrected chi connectivity index (χ3v) is 3.39. The summed E-state index contributed by atoms with van der Waals surface area (Å²) >= 11 is 0. The highest BCUT2D eigenvalue weighted by Gasteiger charge is 2.29. The molecule has 100 valence electrons. The van der Waals surface area contributed by atoms with Gasteiger partial charge in [0.05, 0.1) is 13.0 Å². The van der Waals surface area contributed by atoms with Gasteiger partial charge in [-0.2, -0.15) is 0 Å². The molecule has 1 saturated carbocycles. The third kappa shape index (κ3) is 2.86. The Bertz CT molecular complexity index is 523. The highest BCUT2D eigenvalue weighted by Crippen LogP contribution is 2.28. The molecule has 1 fully saturated rings. The summed E-state index contributed by atoms with van der Waals surface area (Å²) in [4.78, 5) is 23.1. The molecule has 2 amide bonds. The molecule has 0 bridgehead atoms. The summed E-state index contributed by atoms with van der Waals surface area (Å²) in [6, 6.07) is 5.77. The number of carbonyl (C=O) groups excluding carboxylic acids is 2. The van der Waals surface area contributed by atoms with Crippen molar-refractivity contribution in [3.63, 3.8) is 0 Å². The number of rotatable bonds is 3. The molecule has 0 radical (unpaired) electrons. The molecule has 1 aromatic rings. The SMILES string of the molecule is O=C(Cc1ccc2c(c1)CCO2)NNC(=O)C1CC1. The maximum atomic E-state index is 11.7. The zero-order valence-corrected chi connectivity index (χ0v) is 10.6. The molecule has 1 aliphatic heterocycles. The van der Waals surface area contributed by atoms with Gasteiger partial charge in [-0.3, -0.25) is 20.4 Å². The number of nitrogens with one attached hydrogen (secondary N) is 2. The molecule has 19 heavy (non-hydrogen) atoms. The molecule has 0 aromatic heterocycles. The predicted molar refractivity (Wildman–Crippen MR) is 68.4 cm³/mol. The van der Waals surface area contributed by atoms with Gasteiger partial charge in [-0.15, -0.1) is 0 Å². The van der Waals surface area contributed by atoms with Crippen LogP contribution in [-0.2, 0) is 22.4 Å². The van der Waals surface area contributed by atoms with E-state index in [0.717, 1.165) is 36.1 Å². The minimum absolute atomic E-state index is 0.0873. The average molecular weight is 260 g/mol. The van der Waals surface area contributed by atoms with Crippen LogP contribution in [0.5, 0.6) is 5.75 Å². The monoisotopic (exact) mass is 260 g/mol. The lowest BCUT2D eigenvalue weighted by atomic mass is 10.1. The fourth-order valence-electron chi connectivity index (χ4n) is 2.16. The maximum absolute atomic E-state index is 11.7. The molecule has 1 heterocycles. The Morgan fingerprint density at radius 2 is 2.11 bits per heavy atom. The van der Waals surface area contributed by atoms with Crippen LogP contribution in [0.25, 0.3) is 0 Å². The molecule has 0 atom stereocenters. The Morgan fingerprint density at radius 1 is 1.26 bits per heavy atom. The van der Waals surface area contributed by atoms with Crippen LogP contribution in [0.2, 0.25) is 0 Å². The van der Waals surface area contributed by atoms with Crippen molar-refractivity contribution in [2.45, 2.75) is 25.7 Å². The minimum atomic E-state index is -0.201. The Kier molecular flexibility index (Phi) is 3.11. The first-order valence-electron chi connectivity index (χ1n) is 6.55. The molecule has 1 aromatic carbocycles. The van der Waals surface area contributed by atoms with E-state index in [2.05, 4.69) is 10.9 Å². The number of amides is 2. The van der Waals surface area contributed by atoms with E-state index in [1.807, 2.05) is 18.2 Å². The van der Waals surface area contributed by atoms with Crippen molar-refractivity contribution in [3.8, 4) is 5.75 Å². The summed E-state index contributed by atoms with van der Waals surface area (Å²) in [5.41, 5.74) is 6.98. The van der Waals surface area contributed by atoms with E-state index in [4.69, 9.17) is 4.74 Å². The summed E-state index contributed by atoms with van der Waals surface area (Å²) < 4.78 is 5.41. The summed E-state index contributed by atoms with van der Waals surface area (Å²) in [5.74, 6) is 0.715. The average Bonchev–Trinajstić information content (AvgIpc) is 3.15. The smallest absolute Gasteiger partial charge is 0.242 e. The van der Waals surface area contributed by atoms with E-state index in [-0.39, 0.29) is 24.2 Å². The molecule has 1 aliphatic carbocycles. The van der Waals surface area contributed by atoms with E-state index in [1.54, 1.807) is 0 Å². The van der Waals surface area contributed by atoms with Crippen molar-refractivity contribution in [1.82, 2.24) is 10.9 Å². The molecular weight excluding hydrogens is 244 g/mol. The van der Waals surface area contributed by atoms with E-state index in [0.29, 0.717) is 6.61 Å². The zero-order chi connectivity index (χ0) is 13.2. The second kappa shape index (κ2) is 4.91. The number of hydrogen-bond donors (Lipinski definition) is 2. The summed E-state index contributed by atoms with van der Waals surface area (Å²) in [6.45, 7) is 0.711. The normalized spacial score (nSPS) is 16.4. The maximum Gasteiger partial charge on any atom is 0.242 e. The fraction of sp³-hybridized carbons (Fsp3) is 0.429. The lowest BCUT2D eigenvalue weighted by molar-refractivity contribution is -0.129. The predicted octanol–water partition coefficient (Wildman–Crippen LogP) is 0.721. The van der Waals surface area contributed by atoms with E-state index >= 15 is 0 Å². The van der Waals surface area contributed by atoms with E-state index in [9.17, 15) is 9.59 Å². The summed E-state index contributed by atoms with van der Waals surface area (Å²) in [7, 11) is 0. The molecule has 5 nitrogen and oxygen atoms in total. The standard InChI is InChI=1S/C14H16N2O3/c17-13(15-16-14(18)10-2-3-10)8-9-1-4-12-11(7-9)5-6-19-12/h1,4,7,10H,2-3,5-6,8H2,(H,15,17)(H,16,18). The second-order valence-corrected chi connectivity index (χ2v) is 5.03. The van der Waals surface area contributed by atoms with Crippen LogP contribution >= 0.6 is 0 Å². The van der Waals surface area contributed by atoms with Gasteiger partial charge >= 0.3 is 0 Å². The van der Waals surface area contributed by atoms with Crippen LogP contribution in [0.3, 0.4) is 0 Å². The van der Waals surface area contributed by atoms with Crippen LogP contribution in [0, 0.1) is 5.92 Å². The first-order valence-corrected chi connectivity index (χ1v) is 6.55. The Hall–Kier alpha value is -2.04. The number of fused-ring (bicyclic) bond motifs is 1. The molecule has 2 aliphatic rings. The number of benzene rings is 1. The van der Waals surface area contributed by atoms with Crippen molar-refractivity contribution in [3.05, 3.63) is 29.3 Å². The number of carbonyl (C=O) groups is 2. The molecule has 0 saturated heterocycles. The van der Waals surface area contributed by atoms with E-state index < -0.39 is 0 Å². The van der Waals surface area contributed by atoms with Crippen LogP contribution < -0.4 is 15.6 Å². The lowest BCUT2D eigenvalue weighted by Gasteiger charge is -2.07. The minimum Gasteiger partial charge on any atom is -0.493 e. The van der Waals surface area contributed by atoms with Crippen molar-refractivity contribution < 1.29 is 14.3 Å². The van der Waals surface area contributed by atoms with Crippen LogP contribution in [0.4, 0.5) is 0 Å². The number of hydrazine groups is 1. The molecular formula is C14H16N2O3. The highest BCUT2D eigenvalue weighted by molar-refractivity contribution is 5.85. The number of hydrogen-bond acceptors (Lipinski definition) is 3. The first-order chi connectivity index (χ1) is 9.22. The van der Waals surface area contributed by atoms with Gasteiger partial charge in [0.15, 0.2) is 0 Å². The molecule has 0 unspecified atom stereocenters. The summed E-state index contributed by atoms with van der Waals surface area (Å²) in [6.07, 6.45) is 3.00. The largest absolute Gasteiger partial charge is 0.493 e. The topological polar surface area (TPSA) is 67.4 Å². The van der Waals surface area contributed by atoms with Gasteiger partial charge in [0.1, 0.15) is 5.75 Å². The van der Waals surface area contributed by atoms with Crippen molar-refractivity contribution in [2.24, 2.45) is 5.92 Å². The van der Waals surface area contributed by atoms with Gasteiger partial charge in [0.25, 0.3) is 0 Å². The molecule has 5 heteroatoms. The summed E-state index contributed by atoms with van der Waals surface area (Å²) in [5, 5.41) is 0. The van der Waals surface area contributed by atoms with Crippen LogP contribution in [-0.4, -0.2) is 18.4 Å². The number of ether oxygens (including phenoxy) is 1. The first kappa shape index (κ1) is 12.0. The van der Waals surface area contributed by atoms with Crippen LogP contribution in [0.1, 0.15) is 24.0 Å². The lowest BCUT2D eigenvalue weighted by Crippen LogP contribution is -2.43. The molecule has 2 N–H and O–H groups in total. The van der Waals surface area contributed by atoms with Gasteiger partial charge in [0, 0.05) is 12.3 Å². The third-order valence-electron chi connectivity index (χ3n) is 3.39. The van der Waals surface area contributed by atoms with Crippen molar-refractivity contribution >= 4 is 11.8 Å². The van der Waals surface area contributed by atoms with Crippen molar-refractivity contribution in [1.29, 1.82) is 0 Å². The van der Waals surface area contributed by atoms with Crippen molar-refractivity contribution in [2.75, 3.05) is 6.61 Å². The van der Waals surface area contributed by atoms with Gasteiger partial charge in [-0.05, 0) is 30.0 Å².